The fraction of sp³-hybridized carbons (Fsp3) is 0.800. The molecule has 2 radical (unpaired) electrons. The lowest BCUT2D eigenvalue weighted by Gasteiger charge is -2.28. The zero-order valence-electron chi connectivity index (χ0n) is 7.83. The molecule has 0 N–H and O–H groups in total. The van der Waals surface area contributed by atoms with Crippen LogP contribution >= 0.6 is 0 Å². The second-order valence-electron chi connectivity index (χ2n) is 3.84. The zero-order valence-corrected chi connectivity index (χ0v) is 7.83. The van der Waals surface area contributed by atoms with E-state index < -0.39 is 0 Å². The molecule has 0 spiro atoms. The van der Waals surface area contributed by atoms with Crippen LogP contribution in [-0.4, -0.2) is 0 Å². The quantitative estimate of drug-likeness (QED) is 0.559. The second-order valence-corrected chi connectivity index (χ2v) is 3.84. The number of rotatable bonds is 4. The minimum absolute atomic E-state index is 0.428. The van der Waals surface area contributed by atoms with Gasteiger partial charge in [0.15, 0.2) is 0 Å². The molecule has 0 saturated heterocycles. The van der Waals surface area contributed by atoms with E-state index >= 15 is 0 Å². The van der Waals surface area contributed by atoms with Crippen molar-refractivity contribution >= 4 is 0 Å². The first kappa shape index (κ1) is 10.0. The molecule has 0 aromatic heterocycles. The third-order valence-electron chi connectivity index (χ3n) is 2.41. The van der Waals surface area contributed by atoms with Crippen LogP contribution in [-0.2, 0) is 0 Å². The van der Waals surface area contributed by atoms with Crippen LogP contribution < -0.4 is 0 Å². The molecule has 0 aliphatic heterocycles. The van der Waals surface area contributed by atoms with Gasteiger partial charge in [0.25, 0.3) is 0 Å². The van der Waals surface area contributed by atoms with Crippen LogP contribution in [0.4, 0.5) is 0 Å². The molecule has 0 bridgehead atoms. The predicted molar refractivity (Wildman–Crippen MR) is 47.6 cm³/mol. The Balaban J connectivity index is 3.63. The molecule has 60 valence electrons. The van der Waals surface area contributed by atoms with E-state index in [1.807, 2.05) is 0 Å². The van der Waals surface area contributed by atoms with Gasteiger partial charge >= 0.3 is 0 Å². The van der Waals surface area contributed by atoms with Gasteiger partial charge < -0.3 is 0 Å². The van der Waals surface area contributed by atoms with Gasteiger partial charge in [0.1, 0.15) is 0 Å². The molecule has 0 nitrogen and oxygen atoms in total. The predicted octanol–water partition coefficient (Wildman–Crippen LogP) is 3.63. The van der Waals surface area contributed by atoms with Crippen molar-refractivity contribution in [1.29, 1.82) is 0 Å². The van der Waals surface area contributed by atoms with Gasteiger partial charge in [0, 0.05) is 0 Å². The molecule has 0 unspecified atom stereocenters. The maximum Gasteiger partial charge on any atom is -0.0247 e. The number of hydrogen-bond acceptors (Lipinski definition) is 0. The van der Waals surface area contributed by atoms with Gasteiger partial charge in [-0.3, -0.25) is 0 Å². The van der Waals surface area contributed by atoms with Crippen molar-refractivity contribution in [2.45, 2.75) is 47.0 Å². The van der Waals surface area contributed by atoms with Crippen molar-refractivity contribution in [3.63, 3.8) is 0 Å². The Kier molecular flexibility index (Phi) is 4.00. The van der Waals surface area contributed by atoms with Gasteiger partial charge in [-0.15, -0.1) is 0 Å². The Bertz CT molecular complexity index is 80.0. The van der Waals surface area contributed by atoms with Crippen LogP contribution in [0.15, 0.2) is 0 Å². The first-order valence-corrected chi connectivity index (χ1v) is 4.10. The van der Waals surface area contributed by atoms with Crippen molar-refractivity contribution < 1.29 is 0 Å². The Hall–Kier alpha value is 0. The summed E-state index contributed by atoms with van der Waals surface area (Å²) in [6.07, 6.45) is 3.59. The lowest BCUT2D eigenvalue weighted by atomic mass is 9.77. The normalized spacial score (nSPS) is 12.6. The summed E-state index contributed by atoms with van der Waals surface area (Å²) in [5, 5.41) is 0. The van der Waals surface area contributed by atoms with Crippen LogP contribution in [0.1, 0.15) is 47.0 Å². The van der Waals surface area contributed by atoms with Gasteiger partial charge in [-0.05, 0) is 17.8 Å². The fourth-order valence-corrected chi connectivity index (χ4v) is 0.817. The lowest BCUT2D eigenvalue weighted by Crippen LogP contribution is -2.16. The molecular formula is C10H20. The van der Waals surface area contributed by atoms with E-state index in [0.717, 1.165) is 6.42 Å². The van der Waals surface area contributed by atoms with Crippen molar-refractivity contribution in [3.8, 4) is 0 Å². The summed E-state index contributed by atoms with van der Waals surface area (Å²) >= 11 is 0. The van der Waals surface area contributed by atoms with E-state index in [1.54, 1.807) is 0 Å². The number of unbranched alkanes of at least 4 members (excludes halogenated alkanes) is 1. The van der Waals surface area contributed by atoms with Crippen LogP contribution in [0.5, 0.6) is 0 Å². The maximum absolute atomic E-state index is 3.84. The van der Waals surface area contributed by atoms with Crippen molar-refractivity contribution in [2.75, 3.05) is 0 Å². The Morgan fingerprint density at radius 3 is 2.10 bits per heavy atom. The summed E-state index contributed by atoms with van der Waals surface area (Å²) in [5.74, 6) is 1.53. The molecule has 0 atom stereocenters. The first-order valence-electron chi connectivity index (χ1n) is 4.10. The summed E-state index contributed by atoms with van der Waals surface area (Å²) in [6.45, 7) is 12.9. The zero-order chi connectivity index (χ0) is 8.20. The smallest absolute Gasteiger partial charge is 0.0247 e. The van der Waals surface area contributed by atoms with E-state index in [0.29, 0.717) is 5.41 Å². The topological polar surface area (TPSA) is 0 Å². The van der Waals surface area contributed by atoms with E-state index in [4.69, 9.17) is 0 Å². The van der Waals surface area contributed by atoms with Gasteiger partial charge in [0.2, 0.25) is 0 Å². The molecule has 0 rings (SSSR count). The largest absolute Gasteiger partial charge is 0.0594 e. The van der Waals surface area contributed by atoms with Crippen molar-refractivity contribution in [3.05, 3.63) is 12.8 Å². The summed E-state index contributed by atoms with van der Waals surface area (Å²) in [4.78, 5) is 0. The minimum atomic E-state index is 0.428. The molecule has 0 aromatic rings. The highest BCUT2D eigenvalue weighted by Crippen LogP contribution is 2.33. The molecular weight excluding hydrogens is 120 g/mol. The van der Waals surface area contributed by atoms with Crippen LogP contribution in [0.25, 0.3) is 0 Å². The van der Waals surface area contributed by atoms with E-state index in [-0.39, 0.29) is 0 Å². The van der Waals surface area contributed by atoms with Crippen molar-refractivity contribution in [1.82, 2.24) is 0 Å². The standard InChI is InChI=1S/C10H20/c1-6-7-8-10(4,5)9(2)3/h1,6-8H2,2-5H3. The van der Waals surface area contributed by atoms with Crippen LogP contribution in [0.2, 0.25) is 0 Å². The summed E-state index contributed by atoms with van der Waals surface area (Å²) in [7, 11) is 0. The highest BCUT2D eigenvalue weighted by molar-refractivity contribution is 4.94. The highest BCUT2D eigenvalue weighted by atomic mass is 14.3. The van der Waals surface area contributed by atoms with Gasteiger partial charge in [-0.2, -0.15) is 0 Å². The van der Waals surface area contributed by atoms with Crippen LogP contribution in [0.3, 0.4) is 0 Å². The Morgan fingerprint density at radius 2 is 1.80 bits per heavy atom. The summed E-state index contributed by atoms with van der Waals surface area (Å²) in [5.41, 5.74) is 0.428. The highest BCUT2D eigenvalue weighted by Gasteiger charge is 2.21. The third kappa shape index (κ3) is 3.24. The molecule has 0 heteroatoms. The van der Waals surface area contributed by atoms with Gasteiger partial charge in [-0.1, -0.05) is 47.5 Å². The summed E-state index contributed by atoms with van der Waals surface area (Å²) in [6, 6.07) is 0. The molecule has 0 fully saturated rings. The second kappa shape index (κ2) is 4.00. The molecule has 0 heterocycles. The Labute approximate surface area is 66.0 Å². The van der Waals surface area contributed by atoms with E-state index in [2.05, 4.69) is 34.6 Å². The monoisotopic (exact) mass is 140 g/mol. The van der Waals surface area contributed by atoms with Crippen molar-refractivity contribution in [2.24, 2.45) is 5.41 Å². The average molecular weight is 140 g/mol. The molecule has 0 aromatic carbocycles. The molecule has 10 heavy (non-hydrogen) atoms. The average Bonchev–Trinajstić information content (AvgIpc) is 1.84. The fourth-order valence-electron chi connectivity index (χ4n) is 0.817. The lowest BCUT2D eigenvalue weighted by molar-refractivity contribution is 0.347. The molecule has 0 saturated carbocycles. The molecule has 0 amide bonds. The van der Waals surface area contributed by atoms with Crippen LogP contribution in [0, 0.1) is 18.3 Å². The molecule has 0 aliphatic carbocycles. The summed E-state index contributed by atoms with van der Waals surface area (Å²) < 4.78 is 0. The van der Waals surface area contributed by atoms with Gasteiger partial charge in [-0.25, -0.2) is 0 Å². The molecule has 0 aliphatic rings. The third-order valence-corrected chi connectivity index (χ3v) is 2.41. The number of hydrogen-bond donors (Lipinski definition) is 0. The maximum atomic E-state index is 3.84. The SMILES string of the molecule is [CH2]CCCC(C)(C)[C](C)C. The Morgan fingerprint density at radius 1 is 1.30 bits per heavy atom. The van der Waals surface area contributed by atoms with Gasteiger partial charge in [0.05, 0.1) is 0 Å². The van der Waals surface area contributed by atoms with E-state index in [1.165, 1.54) is 18.8 Å². The first-order chi connectivity index (χ1) is 4.50. The minimum Gasteiger partial charge on any atom is -0.0594 e. The van der Waals surface area contributed by atoms with E-state index in [9.17, 15) is 0 Å².